The Hall–Kier alpha value is -2.45. The Bertz CT molecular complexity index is 820. The second-order valence-corrected chi connectivity index (χ2v) is 8.84. The number of amides is 3. The lowest BCUT2D eigenvalue weighted by Gasteiger charge is -2.42. The van der Waals surface area contributed by atoms with Gasteiger partial charge in [0.15, 0.2) is 0 Å². The van der Waals surface area contributed by atoms with Gasteiger partial charge in [0.05, 0.1) is 5.41 Å². The van der Waals surface area contributed by atoms with E-state index in [-0.39, 0.29) is 23.7 Å². The molecule has 0 bridgehead atoms. The summed E-state index contributed by atoms with van der Waals surface area (Å²) in [6.07, 6.45) is 0.401. The maximum absolute atomic E-state index is 13.2. The third kappa shape index (κ3) is 4.45. The number of anilines is 1. The Morgan fingerprint density at radius 2 is 1.68 bits per heavy atom. The second kappa shape index (κ2) is 8.24. The van der Waals surface area contributed by atoms with E-state index in [1.165, 1.54) is 24.3 Å². The molecule has 3 aliphatic rings. The average Bonchev–Trinajstić information content (AvgIpc) is 3.04. The van der Waals surface area contributed by atoms with Crippen LogP contribution in [-0.2, 0) is 4.79 Å². The molecule has 3 fully saturated rings. The summed E-state index contributed by atoms with van der Waals surface area (Å²) in [6.45, 7) is 4.52. The van der Waals surface area contributed by atoms with Crippen molar-refractivity contribution in [3.05, 3.63) is 24.3 Å². The van der Waals surface area contributed by atoms with E-state index in [0.29, 0.717) is 44.6 Å². The summed E-state index contributed by atoms with van der Waals surface area (Å²) in [4.78, 5) is 31.6. The van der Waals surface area contributed by atoms with Crippen LogP contribution in [0.15, 0.2) is 24.3 Å². The molecule has 1 unspecified atom stereocenters. The number of alkyl halides is 3. The summed E-state index contributed by atoms with van der Waals surface area (Å²) in [5.41, 5.74) is 0.0721. The van der Waals surface area contributed by atoms with Gasteiger partial charge in [-0.3, -0.25) is 4.79 Å². The smallest absolute Gasteiger partial charge is 0.406 e. The molecule has 31 heavy (non-hydrogen) atoms. The van der Waals surface area contributed by atoms with Gasteiger partial charge < -0.3 is 19.4 Å². The van der Waals surface area contributed by atoms with Crippen LogP contribution in [0.25, 0.3) is 0 Å². The van der Waals surface area contributed by atoms with Crippen LogP contribution < -0.4 is 9.64 Å². The number of halogens is 3. The molecule has 4 rings (SSSR count). The normalized spacial score (nSPS) is 24.1. The lowest BCUT2D eigenvalue weighted by Crippen LogP contribution is -2.53. The Labute approximate surface area is 179 Å². The maximum atomic E-state index is 13.2. The molecule has 3 saturated heterocycles. The van der Waals surface area contributed by atoms with Crippen LogP contribution in [0, 0.1) is 5.41 Å². The molecule has 170 valence electrons. The molecule has 0 N–H and O–H groups in total. The van der Waals surface area contributed by atoms with Crippen molar-refractivity contribution in [2.45, 2.75) is 57.9 Å². The van der Waals surface area contributed by atoms with Crippen molar-refractivity contribution in [1.82, 2.24) is 9.80 Å². The molecule has 3 amide bonds. The van der Waals surface area contributed by atoms with Crippen LogP contribution in [-0.4, -0.2) is 60.3 Å². The molecule has 6 nitrogen and oxygen atoms in total. The first-order valence-corrected chi connectivity index (χ1v) is 10.9. The lowest BCUT2D eigenvalue weighted by atomic mass is 9.77. The predicted octanol–water partition coefficient (Wildman–Crippen LogP) is 4.40. The number of carbonyl (C=O) groups excluding carboxylic acids is 2. The molecule has 0 aliphatic carbocycles. The third-order valence-corrected chi connectivity index (χ3v) is 6.93. The van der Waals surface area contributed by atoms with Crippen molar-refractivity contribution >= 4 is 17.6 Å². The molecule has 1 aromatic rings. The van der Waals surface area contributed by atoms with Crippen LogP contribution in [0.3, 0.4) is 0 Å². The van der Waals surface area contributed by atoms with Gasteiger partial charge in [-0.25, -0.2) is 4.79 Å². The largest absolute Gasteiger partial charge is 0.573 e. The zero-order chi connectivity index (χ0) is 22.2. The second-order valence-electron chi connectivity index (χ2n) is 8.84. The van der Waals surface area contributed by atoms with Gasteiger partial charge in [0, 0.05) is 37.9 Å². The molecular weight excluding hydrogens is 411 g/mol. The molecule has 0 radical (unpaired) electrons. The van der Waals surface area contributed by atoms with Crippen LogP contribution >= 0.6 is 0 Å². The van der Waals surface area contributed by atoms with Gasteiger partial charge in [-0.15, -0.1) is 13.2 Å². The monoisotopic (exact) mass is 439 g/mol. The van der Waals surface area contributed by atoms with Gasteiger partial charge in [0.25, 0.3) is 0 Å². The number of likely N-dealkylation sites (tertiary alicyclic amines) is 2. The quantitative estimate of drug-likeness (QED) is 0.687. The highest BCUT2D eigenvalue weighted by atomic mass is 19.4. The lowest BCUT2D eigenvalue weighted by molar-refractivity contribution is -0.274. The summed E-state index contributed by atoms with van der Waals surface area (Å²) in [5, 5.41) is 0. The number of piperidine rings is 2. The summed E-state index contributed by atoms with van der Waals surface area (Å²) in [6, 6.07) is 5.74. The topological polar surface area (TPSA) is 53.1 Å². The highest BCUT2D eigenvalue weighted by Gasteiger charge is 2.49. The summed E-state index contributed by atoms with van der Waals surface area (Å²) in [5.74, 6) is -0.313. The standard InChI is InChI=1S/C22H28F3N3O3/c1-16-4-2-3-12-27(16)20(30)26-13-9-21(10-14-26)11-15-28(19(21)29)17-5-7-18(8-6-17)31-22(23,24)25/h5-8,16H,2-4,9-15H2,1H3. The van der Waals surface area contributed by atoms with Gasteiger partial charge in [0.1, 0.15) is 5.75 Å². The minimum absolute atomic E-state index is 0.00423. The number of ether oxygens (including phenoxy) is 1. The van der Waals surface area contributed by atoms with Gasteiger partial charge >= 0.3 is 12.4 Å². The maximum Gasteiger partial charge on any atom is 0.573 e. The van der Waals surface area contributed by atoms with E-state index in [4.69, 9.17) is 0 Å². The van der Waals surface area contributed by atoms with E-state index >= 15 is 0 Å². The van der Waals surface area contributed by atoms with Crippen LogP contribution in [0.5, 0.6) is 5.75 Å². The van der Waals surface area contributed by atoms with Crippen molar-refractivity contribution in [2.75, 3.05) is 31.1 Å². The molecular formula is C22H28F3N3O3. The Balaban J connectivity index is 1.37. The molecule has 9 heteroatoms. The van der Waals surface area contributed by atoms with E-state index in [2.05, 4.69) is 11.7 Å². The van der Waals surface area contributed by atoms with E-state index in [0.717, 1.165) is 25.8 Å². The van der Waals surface area contributed by atoms with Crippen molar-refractivity contribution in [2.24, 2.45) is 5.41 Å². The molecule has 3 heterocycles. The first-order chi connectivity index (χ1) is 14.7. The molecule has 1 aromatic carbocycles. The highest BCUT2D eigenvalue weighted by molar-refractivity contribution is 6.00. The number of carbonyl (C=O) groups is 2. The first-order valence-electron chi connectivity index (χ1n) is 10.9. The van der Waals surface area contributed by atoms with E-state index < -0.39 is 11.8 Å². The third-order valence-electron chi connectivity index (χ3n) is 6.93. The number of nitrogens with zero attached hydrogens (tertiary/aromatic N) is 3. The van der Waals surface area contributed by atoms with Gasteiger partial charge in [-0.1, -0.05) is 0 Å². The molecule has 0 saturated carbocycles. The predicted molar refractivity (Wildman–Crippen MR) is 109 cm³/mol. The van der Waals surface area contributed by atoms with Crippen molar-refractivity contribution in [3.8, 4) is 5.75 Å². The highest BCUT2D eigenvalue weighted by Crippen LogP contribution is 2.43. The van der Waals surface area contributed by atoms with E-state index in [1.54, 1.807) is 4.90 Å². The SMILES string of the molecule is CC1CCCCN1C(=O)N1CCC2(CC1)CCN(c1ccc(OC(F)(F)F)cc1)C2=O. The Morgan fingerprint density at radius 3 is 2.29 bits per heavy atom. The van der Waals surface area contributed by atoms with Crippen LogP contribution in [0.4, 0.5) is 23.7 Å². The average molecular weight is 439 g/mol. The summed E-state index contributed by atoms with van der Waals surface area (Å²) < 4.78 is 41.0. The van der Waals surface area contributed by atoms with Crippen molar-refractivity contribution < 1.29 is 27.5 Å². The minimum atomic E-state index is -4.74. The zero-order valence-electron chi connectivity index (χ0n) is 17.7. The van der Waals surface area contributed by atoms with Gasteiger partial charge in [0.2, 0.25) is 5.91 Å². The van der Waals surface area contributed by atoms with E-state index in [1.807, 2.05) is 9.80 Å². The number of hydrogen-bond donors (Lipinski definition) is 0. The molecule has 0 aromatic heterocycles. The fourth-order valence-corrected chi connectivity index (χ4v) is 5.05. The van der Waals surface area contributed by atoms with Gasteiger partial charge in [-0.2, -0.15) is 0 Å². The Kier molecular flexibility index (Phi) is 5.79. The van der Waals surface area contributed by atoms with Crippen LogP contribution in [0.2, 0.25) is 0 Å². The molecule has 3 aliphatic heterocycles. The number of urea groups is 1. The number of benzene rings is 1. The molecule has 1 spiro atoms. The first kappa shape index (κ1) is 21.8. The minimum Gasteiger partial charge on any atom is -0.406 e. The zero-order valence-corrected chi connectivity index (χ0v) is 17.7. The fraction of sp³-hybridized carbons (Fsp3) is 0.636. The Morgan fingerprint density at radius 1 is 1.03 bits per heavy atom. The van der Waals surface area contributed by atoms with Crippen LogP contribution in [0.1, 0.15) is 45.4 Å². The van der Waals surface area contributed by atoms with Gasteiger partial charge in [-0.05, 0) is 69.7 Å². The van der Waals surface area contributed by atoms with E-state index in [9.17, 15) is 22.8 Å². The molecule has 1 atom stereocenters. The fourth-order valence-electron chi connectivity index (χ4n) is 5.05. The van der Waals surface area contributed by atoms with Crippen molar-refractivity contribution in [3.63, 3.8) is 0 Å². The van der Waals surface area contributed by atoms with Crippen molar-refractivity contribution in [1.29, 1.82) is 0 Å². The number of rotatable bonds is 2. The summed E-state index contributed by atoms with van der Waals surface area (Å²) in [7, 11) is 0. The summed E-state index contributed by atoms with van der Waals surface area (Å²) >= 11 is 0. The number of hydrogen-bond acceptors (Lipinski definition) is 3.